The molecule has 0 spiro atoms. The summed E-state index contributed by atoms with van der Waals surface area (Å²) in [6, 6.07) is 64.0. The van der Waals surface area contributed by atoms with Gasteiger partial charge in [0, 0.05) is 39.2 Å². The molecule has 0 aliphatic carbocycles. The number of para-hydroxylation sites is 2. The molecule has 54 heavy (non-hydrogen) atoms. The maximum atomic E-state index is 6.63. The minimum atomic E-state index is 0.210. The van der Waals surface area contributed by atoms with Gasteiger partial charge in [-0.05, 0) is 83.8 Å². The van der Waals surface area contributed by atoms with Crippen LogP contribution in [-0.2, 0) is 6.42 Å². The third kappa shape index (κ3) is 4.91. The second-order valence-corrected chi connectivity index (χ2v) is 14.0. The predicted octanol–water partition coefficient (Wildman–Crippen LogP) is 14.2. The van der Waals surface area contributed by atoms with Crippen LogP contribution in [0.4, 0.5) is 17.1 Å². The molecule has 0 radical (unpaired) electrons. The van der Waals surface area contributed by atoms with Crippen molar-refractivity contribution in [1.29, 1.82) is 0 Å². The van der Waals surface area contributed by atoms with Gasteiger partial charge in [-0.15, -0.1) is 0 Å². The highest BCUT2D eigenvalue weighted by molar-refractivity contribution is 6.18. The molecule has 0 aliphatic heterocycles. The summed E-state index contributed by atoms with van der Waals surface area (Å²) in [5.74, 6) is 0.210. The third-order valence-electron chi connectivity index (χ3n) is 10.9. The lowest BCUT2D eigenvalue weighted by Crippen LogP contribution is -2.10. The third-order valence-corrected chi connectivity index (χ3v) is 10.9. The van der Waals surface area contributed by atoms with Crippen LogP contribution in [0.2, 0.25) is 0 Å². The van der Waals surface area contributed by atoms with Crippen molar-refractivity contribution in [2.75, 3.05) is 4.90 Å². The summed E-state index contributed by atoms with van der Waals surface area (Å²) in [5, 5.41) is 6.45. The molecule has 0 aliphatic rings. The van der Waals surface area contributed by atoms with E-state index in [1.807, 2.05) is 24.3 Å². The zero-order valence-electron chi connectivity index (χ0n) is 29.3. The average Bonchev–Trinajstić information content (AvgIpc) is 3.92. The van der Waals surface area contributed by atoms with E-state index in [4.69, 9.17) is 13.3 Å². The summed E-state index contributed by atoms with van der Waals surface area (Å²) in [7, 11) is 0. The molecular formula is C50H33NO3. The van der Waals surface area contributed by atoms with Gasteiger partial charge in [-0.25, -0.2) is 0 Å². The van der Waals surface area contributed by atoms with Gasteiger partial charge in [0.1, 0.15) is 33.5 Å². The van der Waals surface area contributed by atoms with Gasteiger partial charge in [0.25, 0.3) is 0 Å². The standard InChI is InChI=1S/C50H33NO3/c1-3-13-33(14-4-1)39(34-15-5-2-6-16-34)29-32-25-28-45-40(30-32)50-42(20-12-24-47(50)53-45)51(35-26-27-37-36-17-7-9-21-43(36)54-48(37)31-35)41-19-11-23-46-49(41)38-18-8-10-22-44(38)52-46/h1-28,30-31,39H,29H2. The van der Waals surface area contributed by atoms with Crippen LogP contribution >= 0.6 is 0 Å². The van der Waals surface area contributed by atoms with Crippen molar-refractivity contribution in [2.45, 2.75) is 12.3 Å². The second kappa shape index (κ2) is 12.3. The van der Waals surface area contributed by atoms with Gasteiger partial charge in [0.15, 0.2) is 0 Å². The Labute approximate surface area is 311 Å². The van der Waals surface area contributed by atoms with E-state index in [1.54, 1.807) is 0 Å². The number of hydrogen-bond donors (Lipinski definition) is 0. The van der Waals surface area contributed by atoms with Crippen molar-refractivity contribution in [3.63, 3.8) is 0 Å². The molecule has 11 aromatic rings. The van der Waals surface area contributed by atoms with Gasteiger partial charge >= 0.3 is 0 Å². The summed E-state index contributed by atoms with van der Waals surface area (Å²) in [6.45, 7) is 0. The summed E-state index contributed by atoms with van der Waals surface area (Å²) in [6.07, 6.45) is 0.853. The molecule has 0 bridgehead atoms. The Morgan fingerprint density at radius 3 is 1.57 bits per heavy atom. The number of anilines is 3. The number of benzene rings is 8. The molecule has 4 heteroatoms. The van der Waals surface area contributed by atoms with Crippen LogP contribution in [0.1, 0.15) is 22.6 Å². The molecule has 3 aromatic heterocycles. The maximum Gasteiger partial charge on any atom is 0.137 e. The normalized spacial score (nSPS) is 11.9. The number of hydrogen-bond acceptors (Lipinski definition) is 4. The Hall–Kier alpha value is -7.04. The minimum absolute atomic E-state index is 0.210. The SMILES string of the molecule is c1ccc(C(Cc2ccc3oc4cccc(N(c5ccc6c(c5)oc5ccccc56)c5cccc6oc7ccccc7c56)c4c3c2)c2ccccc2)cc1. The van der Waals surface area contributed by atoms with Crippen LogP contribution in [0.15, 0.2) is 195 Å². The highest BCUT2D eigenvalue weighted by atomic mass is 16.3. The molecule has 0 N–H and O–H groups in total. The van der Waals surface area contributed by atoms with Crippen molar-refractivity contribution >= 4 is 82.9 Å². The Bertz CT molecular complexity index is 3110. The van der Waals surface area contributed by atoms with E-state index in [0.717, 1.165) is 89.3 Å². The van der Waals surface area contributed by atoms with E-state index in [1.165, 1.54) is 16.7 Å². The summed E-state index contributed by atoms with van der Waals surface area (Å²) < 4.78 is 19.5. The quantitative estimate of drug-likeness (QED) is 0.166. The first-order chi connectivity index (χ1) is 26.8. The van der Waals surface area contributed by atoms with Crippen molar-refractivity contribution in [3.8, 4) is 0 Å². The van der Waals surface area contributed by atoms with Crippen LogP contribution in [0.25, 0.3) is 65.8 Å². The summed E-state index contributed by atoms with van der Waals surface area (Å²) in [4.78, 5) is 2.34. The fourth-order valence-corrected chi connectivity index (χ4v) is 8.41. The van der Waals surface area contributed by atoms with Crippen LogP contribution in [0.5, 0.6) is 0 Å². The van der Waals surface area contributed by atoms with E-state index >= 15 is 0 Å². The maximum absolute atomic E-state index is 6.63. The van der Waals surface area contributed by atoms with Crippen LogP contribution < -0.4 is 4.90 Å². The van der Waals surface area contributed by atoms with Crippen LogP contribution in [-0.4, -0.2) is 0 Å². The molecule has 8 aromatic carbocycles. The highest BCUT2D eigenvalue weighted by Crippen LogP contribution is 2.48. The molecular weight excluding hydrogens is 663 g/mol. The number of nitrogens with zero attached hydrogens (tertiary/aromatic N) is 1. The predicted molar refractivity (Wildman–Crippen MR) is 221 cm³/mol. The molecule has 4 nitrogen and oxygen atoms in total. The smallest absolute Gasteiger partial charge is 0.137 e. The fourth-order valence-electron chi connectivity index (χ4n) is 8.41. The van der Waals surface area contributed by atoms with E-state index in [2.05, 4.69) is 163 Å². The molecule has 11 rings (SSSR count). The average molecular weight is 696 g/mol. The number of furan rings is 3. The molecule has 256 valence electrons. The van der Waals surface area contributed by atoms with Crippen molar-refractivity contribution in [3.05, 3.63) is 199 Å². The molecule has 0 saturated heterocycles. The second-order valence-electron chi connectivity index (χ2n) is 14.0. The van der Waals surface area contributed by atoms with Crippen molar-refractivity contribution < 1.29 is 13.3 Å². The first-order valence-electron chi connectivity index (χ1n) is 18.4. The Kier molecular flexibility index (Phi) is 6.96. The molecule has 3 heterocycles. The Morgan fingerprint density at radius 1 is 0.370 bits per heavy atom. The lowest BCUT2D eigenvalue weighted by molar-refractivity contribution is 0.668. The highest BCUT2D eigenvalue weighted by Gasteiger charge is 2.24. The van der Waals surface area contributed by atoms with Crippen molar-refractivity contribution in [2.24, 2.45) is 0 Å². The van der Waals surface area contributed by atoms with Gasteiger partial charge in [0.05, 0.1) is 22.1 Å². The van der Waals surface area contributed by atoms with Gasteiger partial charge in [0.2, 0.25) is 0 Å². The molecule has 0 atom stereocenters. The largest absolute Gasteiger partial charge is 0.456 e. The zero-order valence-corrected chi connectivity index (χ0v) is 29.3. The molecule has 0 amide bonds. The minimum Gasteiger partial charge on any atom is -0.456 e. The topological polar surface area (TPSA) is 42.7 Å². The molecule has 0 saturated carbocycles. The first-order valence-corrected chi connectivity index (χ1v) is 18.4. The summed E-state index contributed by atoms with van der Waals surface area (Å²) >= 11 is 0. The summed E-state index contributed by atoms with van der Waals surface area (Å²) in [5.41, 5.74) is 11.9. The van der Waals surface area contributed by atoms with Crippen LogP contribution in [0.3, 0.4) is 0 Å². The van der Waals surface area contributed by atoms with E-state index in [-0.39, 0.29) is 5.92 Å². The van der Waals surface area contributed by atoms with E-state index in [0.29, 0.717) is 0 Å². The number of rotatable bonds is 7. The van der Waals surface area contributed by atoms with Gasteiger partial charge < -0.3 is 18.2 Å². The first kappa shape index (κ1) is 30.6. The number of fused-ring (bicyclic) bond motifs is 9. The van der Waals surface area contributed by atoms with Crippen molar-refractivity contribution in [1.82, 2.24) is 0 Å². The fraction of sp³-hybridized carbons (Fsp3) is 0.0400. The van der Waals surface area contributed by atoms with Gasteiger partial charge in [-0.1, -0.05) is 115 Å². The zero-order chi connectivity index (χ0) is 35.6. The van der Waals surface area contributed by atoms with E-state index in [9.17, 15) is 0 Å². The lowest BCUT2D eigenvalue weighted by atomic mass is 9.86. The Balaban J connectivity index is 1.14. The molecule has 0 unspecified atom stereocenters. The van der Waals surface area contributed by atoms with Gasteiger partial charge in [-0.3, -0.25) is 0 Å². The Morgan fingerprint density at radius 2 is 0.889 bits per heavy atom. The van der Waals surface area contributed by atoms with Gasteiger partial charge in [-0.2, -0.15) is 0 Å². The monoisotopic (exact) mass is 695 g/mol. The van der Waals surface area contributed by atoms with E-state index < -0.39 is 0 Å². The molecule has 0 fully saturated rings. The lowest BCUT2D eigenvalue weighted by Gasteiger charge is -2.27. The van der Waals surface area contributed by atoms with Crippen LogP contribution in [0, 0.1) is 0 Å².